The van der Waals surface area contributed by atoms with Crippen LogP contribution in [0.15, 0.2) is 42.2 Å². The van der Waals surface area contributed by atoms with E-state index in [0.29, 0.717) is 16.6 Å². The summed E-state index contributed by atoms with van der Waals surface area (Å²) in [7, 11) is -2.07. The summed E-state index contributed by atoms with van der Waals surface area (Å²) in [6.07, 6.45) is 5.05. The molecule has 1 aromatic rings. The van der Waals surface area contributed by atoms with Crippen LogP contribution in [-0.4, -0.2) is 20.3 Å². The summed E-state index contributed by atoms with van der Waals surface area (Å²) in [6, 6.07) is 10.6. The molecule has 3 nitrogen and oxygen atoms in total. The van der Waals surface area contributed by atoms with Gasteiger partial charge in [-0.05, 0) is 54.4 Å². The lowest BCUT2D eigenvalue weighted by molar-refractivity contribution is -0.123. The predicted octanol–water partition coefficient (Wildman–Crippen LogP) is 6.22. The maximum atomic E-state index is 13.1. The number of rotatable bonds is 7. The maximum absolute atomic E-state index is 13.1. The molecule has 3 rings (SSSR count). The van der Waals surface area contributed by atoms with Crippen molar-refractivity contribution >= 4 is 14.2 Å². The molecule has 2 aliphatic rings. The summed E-state index contributed by atoms with van der Waals surface area (Å²) in [5.41, 5.74) is 2.50. The Morgan fingerprint density at radius 1 is 1.07 bits per heavy atom. The summed E-state index contributed by atoms with van der Waals surface area (Å²) < 4.78 is 7.20. The van der Waals surface area contributed by atoms with Gasteiger partial charge >= 0.3 is 0 Å². The molecule has 1 amide bonds. The van der Waals surface area contributed by atoms with E-state index < -0.39 is 8.32 Å². The second kappa shape index (κ2) is 8.29. The van der Waals surface area contributed by atoms with Crippen molar-refractivity contribution in [1.29, 1.82) is 0 Å². The van der Waals surface area contributed by atoms with Crippen molar-refractivity contribution < 1.29 is 9.22 Å². The third kappa shape index (κ3) is 3.69. The summed E-state index contributed by atoms with van der Waals surface area (Å²) in [6.45, 7) is 16.2. The number of fused-ring (bicyclic) bond motifs is 1. The second-order valence-corrected chi connectivity index (χ2v) is 15.5. The average molecular weight is 414 g/mol. The zero-order valence-electron chi connectivity index (χ0n) is 19.3. The summed E-state index contributed by atoms with van der Waals surface area (Å²) in [5, 5.41) is 3.33. The van der Waals surface area contributed by atoms with Crippen molar-refractivity contribution in [1.82, 2.24) is 5.32 Å². The Kier molecular flexibility index (Phi) is 6.33. The Labute approximate surface area is 178 Å². The Morgan fingerprint density at radius 2 is 1.66 bits per heavy atom. The van der Waals surface area contributed by atoms with Crippen LogP contribution in [0.25, 0.3) is 0 Å². The van der Waals surface area contributed by atoms with E-state index in [9.17, 15) is 4.79 Å². The molecule has 0 radical (unpaired) electrons. The molecular formula is C25H39NO2Si. The Bertz CT molecular complexity index is 734. The van der Waals surface area contributed by atoms with E-state index in [-0.39, 0.29) is 23.3 Å². The van der Waals surface area contributed by atoms with Gasteiger partial charge in [-0.1, -0.05) is 71.9 Å². The first-order valence-corrected chi connectivity index (χ1v) is 13.5. The van der Waals surface area contributed by atoms with E-state index in [0.717, 1.165) is 25.0 Å². The van der Waals surface area contributed by atoms with Gasteiger partial charge in [0.15, 0.2) is 0 Å². The molecule has 1 saturated heterocycles. The highest BCUT2D eigenvalue weighted by Crippen LogP contribution is 2.53. The van der Waals surface area contributed by atoms with E-state index in [1.165, 1.54) is 5.56 Å². The van der Waals surface area contributed by atoms with E-state index in [1.807, 2.05) is 6.07 Å². The van der Waals surface area contributed by atoms with E-state index in [4.69, 9.17) is 4.43 Å². The molecule has 160 valence electrons. The summed E-state index contributed by atoms with van der Waals surface area (Å²) >= 11 is 0. The summed E-state index contributed by atoms with van der Waals surface area (Å²) in [5.74, 6) is 1.19. The second-order valence-electron chi connectivity index (χ2n) is 10.2. The highest BCUT2D eigenvalue weighted by atomic mass is 28.4. The van der Waals surface area contributed by atoms with E-state index in [1.54, 1.807) is 0 Å². The minimum atomic E-state index is -2.07. The topological polar surface area (TPSA) is 38.3 Å². The first kappa shape index (κ1) is 22.1. The molecule has 1 N–H and O–H groups in total. The number of hydrogen-bond acceptors (Lipinski definition) is 2. The van der Waals surface area contributed by atoms with Crippen LogP contribution in [0.1, 0.15) is 66.9 Å². The third-order valence-electron chi connectivity index (χ3n) is 7.67. The molecule has 4 heteroatoms. The Hall–Kier alpha value is -1.55. The van der Waals surface area contributed by atoms with Crippen molar-refractivity contribution in [2.24, 2.45) is 11.3 Å². The van der Waals surface area contributed by atoms with Crippen molar-refractivity contribution in [2.75, 3.05) is 0 Å². The molecule has 0 aromatic heterocycles. The van der Waals surface area contributed by atoms with Gasteiger partial charge in [0.2, 0.25) is 5.91 Å². The largest absolute Gasteiger partial charge is 0.545 e. The molecule has 29 heavy (non-hydrogen) atoms. The number of carbonyl (C=O) groups is 1. The SMILES string of the molecule is CC(C)[Si](OC1=CCC[C@@H]2NC(=O)[C@@H](Cc3ccccc3)[C@@]12C)(C(C)C)C(C)C. The van der Waals surface area contributed by atoms with Gasteiger partial charge < -0.3 is 9.74 Å². The van der Waals surface area contributed by atoms with Crippen molar-refractivity contribution in [3.05, 3.63) is 47.7 Å². The van der Waals surface area contributed by atoms with Crippen LogP contribution in [0.4, 0.5) is 0 Å². The van der Waals surface area contributed by atoms with Crippen LogP contribution < -0.4 is 5.32 Å². The lowest BCUT2D eigenvalue weighted by atomic mass is 9.67. The first-order valence-electron chi connectivity index (χ1n) is 11.4. The zero-order valence-corrected chi connectivity index (χ0v) is 20.3. The number of amides is 1. The minimum absolute atomic E-state index is 0.0837. The van der Waals surface area contributed by atoms with Gasteiger partial charge in [-0.15, -0.1) is 0 Å². The van der Waals surface area contributed by atoms with Crippen LogP contribution in [0.5, 0.6) is 0 Å². The van der Waals surface area contributed by atoms with Gasteiger partial charge in [0.25, 0.3) is 8.32 Å². The van der Waals surface area contributed by atoms with Gasteiger partial charge in [0.1, 0.15) is 0 Å². The molecule has 0 bridgehead atoms. The maximum Gasteiger partial charge on any atom is 0.258 e. The predicted molar refractivity (Wildman–Crippen MR) is 123 cm³/mol. The molecular weight excluding hydrogens is 374 g/mol. The third-order valence-corrected chi connectivity index (χ3v) is 13.7. The van der Waals surface area contributed by atoms with Crippen molar-refractivity contribution in [3.63, 3.8) is 0 Å². The van der Waals surface area contributed by atoms with E-state index >= 15 is 0 Å². The quantitative estimate of drug-likeness (QED) is 0.539. The van der Waals surface area contributed by atoms with Gasteiger partial charge in [-0.25, -0.2) is 0 Å². The molecule has 0 saturated carbocycles. The average Bonchev–Trinajstić information content (AvgIpc) is 2.91. The van der Waals surface area contributed by atoms with Crippen LogP contribution >= 0.6 is 0 Å². The van der Waals surface area contributed by atoms with Crippen LogP contribution in [0.2, 0.25) is 16.6 Å². The standard InChI is InChI=1S/C25H39NO2Si/c1-17(2)29(18(3)4,19(5)6)28-23-15-11-14-22-25(23,7)21(24(27)26-22)16-20-12-9-8-10-13-20/h8-10,12-13,15,17-19,21-22H,11,14,16H2,1-7H3,(H,26,27)/t21-,22+,25-/m1/s1. The van der Waals surface area contributed by atoms with Crippen molar-refractivity contribution in [3.8, 4) is 0 Å². The fourth-order valence-corrected chi connectivity index (χ4v) is 11.5. The highest BCUT2D eigenvalue weighted by Gasteiger charge is 2.58. The van der Waals surface area contributed by atoms with Crippen LogP contribution in [0.3, 0.4) is 0 Å². The first-order chi connectivity index (χ1) is 13.6. The smallest absolute Gasteiger partial charge is 0.258 e. The molecule has 0 unspecified atom stereocenters. The van der Waals surface area contributed by atoms with Gasteiger partial charge in [0.05, 0.1) is 17.1 Å². The van der Waals surface area contributed by atoms with Crippen molar-refractivity contribution in [2.45, 2.75) is 90.4 Å². The molecule has 1 heterocycles. The normalized spacial score (nSPS) is 27.2. The fourth-order valence-electron chi connectivity index (χ4n) is 6.10. The molecule has 1 aromatic carbocycles. The van der Waals surface area contributed by atoms with Crippen LogP contribution in [-0.2, 0) is 15.6 Å². The fraction of sp³-hybridized carbons (Fsp3) is 0.640. The van der Waals surface area contributed by atoms with Crippen LogP contribution in [0, 0.1) is 11.3 Å². The lowest BCUT2D eigenvalue weighted by Gasteiger charge is -2.48. The number of benzene rings is 1. The molecule has 1 fully saturated rings. The summed E-state index contributed by atoms with van der Waals surface area (Å²) in [4.78, 5) is 13.1. The molecule has 0 spiro atoms. The number of hydrogen-bond donors (Lipinski definition) is 1. The number of nitrogens with one attached hydrogen (secondary N) is 1. The lowest BCUT2D eigenvalue weighted by Crippen LogP contribution is -2.51. The molecule has 1 aliphatic heterocycles. The monoisotopic (exact) mass is 413 g/mol. The minimum Gasteiger partial charge on any atom is -0.545 e. The van der Waals surface area contributed by atoms with Gasteiger partial charge in [-0.3, -0.25) is 4.79 Å². The molecule has 3 atom stereocenters. The highest BCUT2D eigenvalue weighted by molar-refractivity contribution is 6.77. The Balaban J connectivity index is 2.00. The molecule has 1 aliphatic carbocycles. The zero-order chi connectivity index (χ0) is 21.4. The van der Waals surface area contributed by atoms with Gasteiger partial charge in [-0.2, -0.15) is 0 Å². The van der Waals surface area contributed by atoms with Gasteiger partial charge in [0, 0.05) is 6.04 Å². The number of allylic oxidation sites excluding steroid dienone is 1. The van der Waals surface area contributed by atoms with E-state index in [2.05, 4.69) is 84.1 Å². The Morgan fingerprint density at radius 3 is 2.21 bits per heavy atom. The number of carbonyl (C=O) groups excluding carboxylic acids is 1.